The molecule has 0 radical (unpaired) electrons. The second-order valence-electron chi connectivity index (χ2n) is 9.94. The maximum atomic E-state index is 11.7. The van der Waals surface area contributed by atoms with Crippen molar-refractivity contribution in [3.63, 3.8) is 0 Å². The number of aliphatic hydroxyl groups is 2. The molecule has 0 aliphatic heterocycles. The Kier molecular flexibility index (Phi) is 19.1. The van der Waals surface area contributed by atoms with Gasteiger partial charge >= 0.3 is 11.5 Å². The first kappa shape index (κ1) is 35.7. The van der Waals surface area contributed by atoms with Crippen LogP contribution in [0, 0.1) is 11.8 Å². The van der Waals surface area contributed by atoms with Gasteiger partial charge in [-0.2, -0.15) is 0 Å². The van der Waals surface area contributed by atoms with Crippen LogP contribution in [0.1, 0.15) is 62.5 Å². The molecule has 0 spiro atoms. The first-order valence-corrected chi connectivity index (χ1v) is 14.1. The summed E-state index contributed by atoms with van der Waals surface area (Å²) in [6.45, 7) is 0.928. The van der Waals surface area contributed by atoms with Crippen molar-refractivity contribution in [2.75, 3.05) is 13.2 Å². The maximum Gasteiger partial charge on any atom is 0.407 e. The number of carbonyl (C=O) groups excluding carboxylic acids is 2. The van der Waals surface area contributed by atoms with Crippen molar-refractivity contribution in [1.82, 2.24) is 5.32 Å². The Hall–Kier alpha value is -2.36. The Labute approximate surface area is 249 Å². The fourth-order valence-electron chi connectivity index (χ4n) is 4.71. The van der Waals surface area contributed by atoms with Crippen LogP contribution in [0.2, 0.25) is 0 Å². The van der Waals surface area contributed by atoms with Crippen LogP contribution in [-0.4, -0.2) is 47.0 Å². The molecule has 0 heterocycles. The Morgan fingerprint density at radius 1 is 0.775 bits per heavy atom. The van der Waals surface area contributed by atoms with Gasteiger partial charge in [-0.05, 0) is 42.7 Å². The number of benzene rings is 2. The van der Waals surface area contributed by atoms with Crippen molar-refractivity contribution in [2.45, 2.75) is 76.7 Å². The van der Waals surface area contributed by atoms with Crippen LogP contribution < -0.4 is 11.1 Å². The number of amides is 1. The van der Waals surface area contributed by atoms with Gasteiger partial charge in [-0.3, -0.25) is 0 Å². The standard InChI is InChI=1S/C15H21NO3.C8H7ClO2.C7H15NO.ClH/c17-10-13-8-4-5-9-14(13)16-15(18)19-11-12-6-2-1-3-7-12;9-8(10)11-6-7-4-2-1-3-5-7;8-7-4-2-1-3-6(7)5-9;/h1-3,6-7,13-14,17H,4-5,8-11H2,(H,16,18);1-5H,6H2;6-7,9H,1-5,8H2;1H/t13-,14+;;6-,7+;/m0.0./s1. The van der Waals surface area contributed by atoms with Crippen molar-refractivity contribution >= 4 is 35.5 Å². The molecule has 10 heteroatoms. The molecule has 0 aromatic heterocycles. The summed E-state index contributed by atoms with van der Waals surface area (Å²) in [6, 6.07) is 19.3. The quantitative estimate of drug-likeness (QED) is 0.290. The van der Waals surface area contributed by atoms with E-state index in [9.17, 15) is 14.7 Å². The molecular formula is C30H44Cl2N2O6. The molecule has 4 rings (SSSR count). The average Bonchev–Trinajstić information content (AvgIpc) is 2.97. The van der Waals surface area contributed by atoms with E-state index in [-0.39, 0.29) is 56.8 Å². The average molecular weight is 600 g/mol. The molecule has 2 saturated carbocycles. The second-order valence-corrected chi connectivity index (χ2v) is 10.3. The third-order valence-corrected chi connectivity index (χ3v) is 7.17. The molecule has 2 aromatic rings. The van der Waals surface area contributed by atoms with Gasteiger partial charge in [0.1, 0.15) is 13.2 Å². The Bertz CT molecular complexity index is 938. The molecule has 8 nitrogen and oxygen atoms in total. The van der Waals surface area contributed by atoms with Gasteiger partial charge in [0, 0.05) is 42.8 Å². The van der Waals surface area contributed by atoms with Crippen molar-refractivity contribution in [3.05, 3.63) is 71.8 Å². The van der Waals surface area contributed by atoms with Gasteiger partial charge < -0.3 is 30.7 Å². The van der Waals surface area contributed by atoms with Gasteiger partial charge in [0.05, 0.1) is 0 Å². The van der Waals surface area contributed by atoms with E-state index in [0.29, 0.717) is 5.92 Å². The van der Waals surface area contributed by atoms with Crippen LogP contribution >= 0.6 is 24.0 Å². The summed E-state index contributed by atoms with van der Waals surface area (Å²) in [5.41, 5.74) is 6.86. The number of halogens is 2. The SMILES string of the molecule is Cl.N[C@@H]1CCCC[C@H]1CO.O=C(Cl)OCc1ccccc1.O=C(N[C@@H]1CCCC[C@H]1CO)OCc1ccccc1. The summed E-state index contributed by atoms with van der Waals surface area (Å²) < 4.78 is 9.75. The van der Waals surface area contributed by atoms with E-state index in [0.717, 1.165) is 49.7 Å². The number of rotatable bonds is 7. The molecule has 4 atom stereocenters. The summed E-state index contributed by atoms with van der Waals surface area (Å²) in [6.07, 6.45) is 8.45. The van der Waals surface area contributed by atoms with Gasteiger partial charge in [-0.1, -0.05) is 86.3 Å². The molecule has 2 aromatic carbocycles. The number of ether oxygens (including phenoxy) is 2. The van der Waals surface area contributed by atoms with Crippen molar-refractivity contribution in [3.8, 4) is 0 Å². The molecular weight excluding hydrogens is 555 g/mol. The normalized spacial score (nSPS) is 21.6. The van der Waals surface area contributed by atoms with Gasteiger partial charge in [0.25, 0.3) is 0 Å². The predicted molar refractivity (Wildman–Crippen MR) is 159 cm³/mol. The molecule has 2 aliphatic rings. The van der Waals surface area contributed by atoms with E-state index in [1.54, 1.807) is 0 Å². The number of nitrogens with two attached hydrogens (primary N) is 1. The lowest BCUT2D eigenvalue weighted by Crippen LogP contribution is -2.43. The summed E-state index contributed by atoms with van der Waals surface area (Å²) in [5, 5.41) is 20.9. The maximum absolute atomic E-state index is 11.7. The highest BCUT2D eigenvalue weighted by Crippen LogP contribution is 2.24. The lowest BCUT2D eigenvalue weighted by Gasteiger charge is -2.30. The van der Waals surface area contributed by atoms with Crippen molar-refractivity contribution in [2.24, 2.45) is 17.6 Å². The number of aliphatic hydroxyl groups excluding tert-OH is 2. The lowest BCUT2D eigenvalue weighted by atomic mass is 9.85. The van der Waals surface area contributed by atoms with Gasteiger partial charge in [-0.25, -0.2) is 9.59 Å². The third-order valence-electron chi connectivity index (χ3n) is 7.06. The zero-order chi connectivity index (χ0) is 28.3. The van der Waals surface area contributed by atoms with E-state index >= 15 is 0 Å². The summed E-state index contributed by atoms with van der Waals surface area (Å²) in [5.74, 6) is 0.553. The lowest BCUT2D eigenvalue weighted by molar-refractivity contribution is 0.113. The highest BCUT2D eigenvalue weighted by atomic mass is 35.5. The second kappa shape index (κ2) is 21.4. The van der Waals surface area contributed by atoms with Crippen molar-refractivity contribution < 1.29 is 29.3 Å². The van der Waals surface area contributed by atoms with E-state index in [1.165, 1.54) is 12.8 Å². The monoisotopic (exact) mass is 598 g/mol. The Morgan fingerprint density at radius 3 is 1.73 bits per heavy atom. The van der Waals surface area contributed by atoms with E-state index < -0.39 is 11.5 Å². The molecule has 0 bridgehead atoms. The number of alkyl carbamates (subject to hydrolysis) is 1. The van der Waals surface area contributed by atoms with E-state index in [4.69, 9.17) is 27.2 Å². The number of nitrogens with one attached hydrogen (secondary N) is 1. The van der Waals surface area contributed by atoms with Crippen LogP contribution in [0.15, 0.2) is 60.7 Å². The Balaban J connectivity index is 0.000000324. The van der Waals surface area contributed by atoms with Crippen LogP contribution in [0.4, 0.5) is 9.59 Å². The first-order chi connectivity index (χ1) is 18.9. The fraction of sp³-hybridized carbons (Fsp3) is 0.533. The summed E-state index contributed by atoms with van der Waals surface area (Å²) in [4.78, 5) is 21.9. The topological polar surface area (TPSA) is 131 Å². The predicted octanol–water partition coefficient (Wildman–Crippen LogP) is 5.94. The molecule has 1 amide bonds. The van der Waals surface area contributed by atoms with E-state index in [1.807, 2.05) is 60.7 Å². The molecule has 40 heavy (non-hydrogen) atoms. The molecule has 0 unspecified atom stereocenters. The van der Waals surface area contributed by atoms with E-state index in [2.05, 4.69) is 10.1 Å². The fourth-order valence-corrected chi connectivity index (χ4v) is 4.76. The van der Waals surface area contributed by atoms with Crippen LogP contribution in [0.25, 0.3) is 0 Å². The highest BCUT2D eigenvalue weighted by molar-refractivity contribution is 6.61. The summed E-state index contributed by atoms with van der Waals surface area (Å²) >= 11 is 4.97. The summed E-state index contributed by atoms with van der Waals surface area (Å²) in [7, 11) is 0. The van der Waals surface area contributed by atoms with Crippen LogP contribution in [0.5, 0.6) is 0 Å². The first-order valence-electron chi connectivity index (χ1n) is 13.7. The highest BCUT2D eigenvalue weighted by Gasteiger charge is 2.26. The number of carbonyl (C=O) groups is 2. The van der Waals surface area contributed by atoms with Gasteiger partial charge in [0.2, 0.25) is 0 Å². The largest absolute Gasteiger partial charge is 0.449 e. The molecule has 0 saturated heterocycles. The van der Waals surface area contributed by atoms with Crippen molar-refractivity contribution in [1.29, 1.82) is 0 Å². The molecule has 2 fully saturated rings. The van der Waals surface area contributed by atoms with Gasteiger partial charge in [0.15, 0.2) is 0 Å². The molecule has 224 valence electrons. The molecule has 2 aliphatic carbocycles. The minimum absolute atomic E-state index is 0. The minimum Gasteiger partial charge on any atom is -0.449 e. The zero-order valence-corrected chi connectivity index (χ0v) is 24.5. The zero-order valence-electron chi connectivity index (χ0n) is 23.0. The third kappa shape index (κ3) is 14.9. The smallest absolute Gasteiger partial charge is 0.407 e. The van der Waals surface area contributed by atoms with Crippen LogP contribution in [0.3, 0.4) is 0 Å². The Morgan fingerprint density at radius 2 is 1.25 bits per heavy atom. The van der Waals surface area contributed by atoms with Crippen LogP contribution in [-0.2, 0) is 22.7 Å². The molecule has 5 N–H and O–H groups in total. The van der Waals surface area contributed by atoms with Gasteiger partial charge in [-0.15, -0.1) is 12.4 Å². The number of hydrogen-bond acceptors (Lipinski definition) is 7. The minimum atomic E-state index is -0.770. The number of hydrogen-bond donors (Lipinski definition) is 4.